The zero-order valence-corrected chi connectivity index (χ0v) is 10.8. The van der Waals surface area contributed by atoms with Crippen LogP contribution in [0.3, 0.4) is 0 Å². The molecule has 100 valence electrons. The number of hydrogen-bond acceptors (Lipinski definition) is 2. The summed E-state index contributed by atoms with van der Waals surface area (Å²) in [6.45, 7) is 2.82. The molecule has 4 heteroatoms. The number of carbonyl (C=O) groups excluding carboxylic acids is 1. The van der Waals surface area contributed by atoms with Gasteiger partial charge in [-0.2, -0.15) is 0 Å². The largest absolute Gasteiger partial charge is 0.481 e. The predicted octanol–water partition coefficient (Wildman–Crippen LogP) is 1.82. The summed E-state index contributed by atoms with van der Waals surface area (Å²) in [7, 11) is 0. The maximum atomic E-state index is 12.1. The molecule has 0 aromatic rings. The molecule has 0 bridgehead atoms. The summed E-state index contributed by atoms with van der Waals surface area (Å²) in [6.07, 6.45) is 7.30. The molecule has 2 aliphatic carbocycles. The molecule has 2 rings (SSSR count). The number of rotatable bonds is 5. The van der Waals surface area contributed by atoms with Crippen LogP contribution in [-0.2, 0) is 9.59 Å². The first-order valence-corrected chi connectivity index (χ1v) is 6.75. The van der Waals surface area contributed by atoms with E-state index in [0.717, 1.165) is 5.92 Å². The number of carbonyl (C=O) groups is 2. The Morgan fingerprint density at radius 3 is 2.44 bits per heavy atom. The fourth-order valence-corrected chi connectivity index (χ4v) is 2.60. The Morgan fingerprint density at radius 2 is 1.89 bits per heavy atom. The Hall–Kier alpha value is -1.32. The van der Waals surface area contributed by atoms with Crippen molar-refractivity contribution >= 4 is 11.9 Å². The zero-order valence-electron chi connectivity index (χ0n) is 10.8. The summed E-state index contributed by atoms with van der Waals surface area (Å²) in [4.78, 5) is 23.2. The number of carboxylic acid groups (broad SMARTS) is 1. The second-order valence-corrected chi connectivity index (χ2v) is 5.55. The minimum atomic E-state index is -0.866. The van der Waals surface area contributed by atoms with E-state index < -0.39 is 17.8 Å². The van der Waals surface area contributed by atoms with Crippen molar-refractivity contribution in [2.45, 2.75) is 32.6 Å². The van der Waals surface area contributed by atoms with Gasteiger partial charge < -0.3 is 10.4 Å². The smallest absolute Gasteiger partial charge is 0.307 e. The van der Waals surface area contributed by atoms with Gasteiger partial charge in [-0.3, -0.25) is 9.59 Å². The van der Waals surface area contributed by atoms with E-state index in [4.69, 9.17) is 5.11 Å². The highest BCUT2D eigenvalue weighted by molar-refractivity contribution is 5.85. The third-order valence-corrected chi connectivity index (χ3v) is 4.11. The van der Waals surface area contributed by atoms with Crippen LogP contribution in [0.2, 0.25) is 0 Å². The van der Waals surface area contributed by atoms with Crippen LogP contribution in [-0.4, -0.2) is 23.5 Å². The van der Waals surface area contributed by atoms with E-state index in [1.165, 1.54) is 12.8 Å². The van der Waals surface area contributed by atoms with Gasteiger partial charge in [-0.1, -0.05) is 19.1 Å². The topological polar surface area (TPSA) is 66.4 Å². The average molecular weight is 251 g/mol. The molecule has 1 saturated carbocycles. The minimum Gasteiger partial charge on any atom is -0.481 e. The molecule has 1 amide bonds. The summed E-state index contributed by atoms with van der Waals surface area (Å²) in [5.41, 5.74) is 0. The summed E-state index contributed by atoms with van der Waals surface area (Å²) >= 11 is 0. The number of aliphatic carboxylic acids is 1. The second kappa shape index (κ2) is 5.55. The van der Waals surface area contributed by atoms with Gasteiger partial charge in [-0.05, 0) is 37.5 Å². The summed E-state index contributed by atoms with van der Waals surface area (Å²) < 4.78 is 0. The molecular formula is C14H21NO3. The molecule has 0 heterocycles. The van der Waals surface area contributed by atoms with Crippen molar-refractivity contribution in [3.8, 4) is 0 Å². The van der Waals surface area contributed by atoms with Crippen molar-refractivity contribution in [3.63, 3.8) is 0 Å². The molecule has 1 fully saturated rings. The van der Waals surface area contributed by atoms with Crippen LogP contribution in [0.4, 0.5) is 0 Å². The lowest BCUT2D eigenvalue weighted by atomic mass is 9.82. The minimum absolute atomic E-state index is 0.0979. The second-order valence-electron chi connectivity index (χ2n) is 5.55. The number of allylic oxidation sites excluding steroid dienone is 2. The Bertz CT molecular complexity index is 360. The van der Waals surface area contributed by atoms with Gasteiger partial charge in [0.05, 0.1) is 11.8 Å². The molecule has 0 spiro atoms. The van der Waals surface area contributed by atoms with E-state index in [-0.39, 0.29) is 5.91 Å². The van der Waals surface area contributed by atoms with E-state index in [1.54, 1.807) is 0 Å². The van der Waals surface area contributed by atoms with Gasteiger partial charge in [-0.15, -0.1) is 0 Å². The third-order valence-electron chi connectivity index (χ3n) is 4.11. The molecule has 4 nitrogen and oxygen atoms in total. The van der Waals surface area contributed by atoms with Crippen LogP contribution in [0.5, 0.6) is 0 Å². The fraction of sp³-hybridized carbons (Fsp3) is 0.714. The molecule has 2 N–H and O–H groups in total. The van der Waals surface area contributed by atoms with Crippen LogP contribution < -0.4 is 5.32 Å². The van der Waals surface area contributed by atoms with Crippen LogP contribution in [0, 0.1) is 23.7 Å². The summed E-state index contributed by atoms with van der Waals surface area (Å²) in [6, 6.07) is 0. The Kier molecular flexibility index (Phi) is 4.04. The number of amides is 1. The van der Waals surface area contributed by atoms with E-state index >= 15 is 0 Å². The van der Waals surface area contributed by atoms with Crippen molar-refractivity contribution < 1.29 is 14.7 Å². The molecule has 3 atom stereocenters. The van der Waals surface area contributed by atoms with Gasteiger partial charge in [0.1, 0.15) is 0 Å². The number of carboxylic acids is 1. The van der Waals surface area contributed by atoms with Gasteiger partial charge in [0.25, 0.3) is 0 Å². The van der Waals surface area contributed by atoms with Gasteiger partial charge in [0.2, 0.25) is 5.91 Å². The van der Waals surface area contributed by atoms with E-state index in [9.17, 15) is 9.59 Å². The molecule has 18 heavy (non-hydrogen) atoms. The summed E-state index contributed by atoms with van der Waals surface area (Å²) in [5.74, 6) is -0.665. The van der Waals surface area contributed by atoms with Crippen molar-refractivity contribution in [3.05, 3.63) is 12.2 Å². The molecule has 0 aromatic heterocycles. The van der Waals surface area contributed by atoms with E-state index in [1.807, 2.05) is 12.2 Å². The Balaban J connectivity index is 1.86. The first-order valence-electron chi connectivity index (χ1n) is 6.75. The van der Waals surface area contributed by atoms with E-state index in [2.05, 4.69) is 12.2 Å². The Morgan fingerprint density at radius 1 is 1.28 bits per heavy atom. The van der Waals surface area contributed by atoms with Crippen LogP contribution in [0.25, 0.3) is 0 Å². The fourth-order valence-electron chi connectivity index (χ4n) is 2.60. The molecular weight excluding hydrogens is 230 g/mol. The molecule has 2 aliphatic rings. The molecule has 0 radical (unpaired) electrons. The maximum absolute atomic E-state index is 12.1. The predicted molar refractivity (Wildman–Crippen MR) is 67.9 cm³/mol. The lowest BCUT2D eigenvalue weighted by molar-refractivity contribution is -0.147. The van der Waals surface area contributed by atoms with Crippen molar-refractivity contribution in [2.24, 2.45) is 23.7 Å². The first kappa shape index (κ1) is 13.1. The molecule has 0 aromatic carbocycles. The normalized spacial score (nSPS) is 28.7. The first-order chi connectivity index (χ1) is 8.59. The maximum Gasteiger partial charge on any atom is 0.307 e. The SMILES string of the molecule is CC(CNC(=O)[C@@H]1CC=CC[C@@H]1C(=O)O)C1CC1. The van der Waals surface area contributed by atoms with Crippen LogP contribution in [0.15, 0.2) is 12.2 Å². The van der Waals surface area contributed by atoms with Crippen molar-refractivity contribution in [2.75, 3.05) is 6.54 Å². The van der Waals surface area contributed by atoms with Crippen molar-refractivity contribution in [1.82, 2.24) is 5.32 Å². The summed E-state index contributed by atoms with van der Waals surface area (Å²) in [5, 5.41) is 12.0. The van der Waals surface area contributed by atoms with Gasteiger partial charge >= 0.3 is 5.97 Å². The highest BCUT2D eigenvalue weighted by atomic mass is 16.4. The third kappa shape index (κ3) is 3.12. The number of hydrogen-bond donors (Lipinski definition) is 2. The molecule has 1 unspecified atom stereocenters. The van der Waals surface area contributed by atoms with E-state index in [0.29, 0.717) is 25.3 Å². The standard InChI is InChI=1S/C14H21NO3/c1-9(10-6-7-10)8-15-13(16)11-4-2-3-5-12(11)14(17)18/h2-3,9-12H,4-8H2,1H3,(H,15,16)(H,17,18)/t9?,11-,12+/m1/s1. The highest BCUT2D eigenvalue weighted by Gasteiger charge is 2.34. The zero-order chi connectivity index (χ0) is 13.1. The van der Waals surface area contributed by atoms with Gasteiger partial charge in [0, 0.05) is 6.54 Å². The lowest BCUT2D eigenvalue weighted by Gasteiger charge is -2.25. The Labute approximate surface area is 107 Å². The van der Waals surface area contributed by atoms with Gasteiger partial charge in [0.15, 0.2) is 0 Å². The molecule has 0 aliphatic heterocycles. The average Bonchev–Trinajstić information content (AvgIpc) is 3.19. The monoisotopic (exact) mass is 251 g/mol. The van der Waals surface area contributed by atoms with Crippen LogP contribution in [0.1, 0.15) is 32.6 Å². The highest BCUT2D eigenvalue weighted by Crippen LogP contribution is 2.36. The quantitative estimate of drug-likeness (QED) is 0.732. The molecule has 0 saturated heterocycles. The van der Waals surface area contributed by atoms with Gasteiger partial charge in [-0.25, -0.2) is 0 Å². The van der Waals surface area contributed by atoms with Crippen LogP contribution >= 0.6 is 0 Å². The van der Waals surface area contributed by atoms with Crippen molar-refractivity contribution in [1.29, 1.82) is 0 Å². The number of nitrogens with one attached hydrogen (secondary N) is 1. The lowest BCUT2D eigenvalue weighted by Crippen LogP contribution is -2.40.